The average molecular weight is 282 g/mol. The van der Waals surface area contributed by atoms with Crippen molar-refractivity contribution in [1.29, 1.82) is 0 Å². The standard InChI is InChI=1S/C16H26O4/c1-10-5-12(20-4)7-11(9-17)13-8-15(2,3)16(13,19)14(18)6-10/h5,7,12-14,17-19H,6,8-9H2,1-4H3/b10-5-,11-7-/t12-,13-,14+,16-/m1/s1. The first-order valence-electron chi connectivity index (χ1n) is 7.18. The molecule has 2 aliphatic carbocycles. The molecule has 4 nitrogen and oxygen atoms in total. The summed E-state index contributed by atoms with van der Waals surface area (Å²) in [7, 11) is 1.62. The van der Waals surface area contributed by atoms with Crippen molar-refractivity contribution in [3.63, 3.8) is 0 Å². The Morgan fingerprint density at radius 1 is 1.35 bits per heavy atom. The molecule has 0 aromatic rings. The fourth-order valence-corrected chi connectivity index (χ4v) is 3.75. The van der Waals surface area contributed by atoms with Crippen LogP contribution in [0.2, 0.25) is 0 Å². The number of hydrogen-bond donors (Lipinski definition) is 3. The lowest BCUT2D eigenvalue weighted by atomic mass is 9.48. The van der Waals surface area contributed by atoms with E-state index in [1.165, 1.54) is 0 Å². The lowest BCUT2D eigenvalue weighted by Gasteiger charge is -2.61. The predicted molar refractivity (Wildman–Crippen MR) is 77.2 cm³/mol. The molecule has 4 atom stereocenters. The number of ether oxygens (including phenoxy) is 1. The van der Waals surface area contributed by atoms with Gasteiger partial charge < -0.3 is 20.1 Å². The van der Waals surface area contributed by atoms with Gasteiger partial charge in [-0.25, -0.2) is 0 Å². The van der Waals surface area contributed by atoms with Gasteiger partial charge in [0.15, 0.2) is 0 Å². The number of rotatable bonds is 2. The normalized spacial score (nSPS) is 45.6. The smallest absolute Gasteiger partial charge is 0.102 e. The number of aliphatic hydroxyl groups excluding tert-OH is 2. The highest BCUT2D eigenvalue weighted by Gasteiger charge is 2.63. The molecule has 114 valence electrons. The summed E-state index contributed by atoms with van der Waals surface area (Å²) >= 11 is 0. The molecule has 0 aromatic carbocycles. The van der Waals surface area contributed by atoms with Gasteiger partial charge in [-0.15, -0.1) is 0 Å². The van der Waals surface area contributed by atoms with Crippen LogP contribution in [0.25, 0.3) is 0 Å². The Balaban J connectivity index is 2.47. The van der Waals surface area contributed by atoms with Crippen LogP contribution < -0.4 is 0 Å². The Hall–Kier alpha value is -0.680. The van der Waals surface area contributed by atoms with Gasteiger partial charge in [-0.2, -0.15) is 0 Å². The van der Waals surface area contributed by atoms with Crippen LogP contribution in [0.3, 0.4) is 0 Å². The first-order valence-corrected chi connectivity index (χ1v) is 7.18. The second kappa shape index (κ2) is 5.26. The van der Waals surface area contributed by atoms with Crippen LogP contribution in [0.5, 0.6) is 0 Å². The third-order valence-electron chi connectivity index (χ3n) is 5.08. The first-order chi connectivity index (χ1) is 9.26. The maximum absolute atomic E-state index is 11.1. The molecule has 0 aromatic heterocycles. The van der Waals surface area contributed by atoms with E-state index in [9.17, 15) is 15.3 Å². The van der Waals surface area contributed by atoms with E-state index < -0.39 is 11.7 Å². The van der Waals surface area contributed by atoms with Crippen LogP contribution in [-0.2, 0) is 4.74 Å². The zero-order valence-electron chi connectivity index (χ0n) is 12.8. The molecular formula is C16H26O4. The molecule has 0 radical (unpaired) electrons. The quantitative estimate of drug-likeness (QED) is 0.670. The molecule has 4 heteroatoms. The first kappa shape index (κ1) is 15.7. The molecule has 0 heterocycles. The van der Waals surface area contributed by atoms with E-state index in [0.717, 1.165) is 17.6 Å². The highest BCUT2D eigenvalue weighted by molar-refractivity contribution is 5.30. The van der Waals surface area contributed by atoms with Crippen LogP contribution in [-0.4, -0.2) is 46.8 Å². The second-order valence-corrected chi connectivity index (χ2v) is 6.80. The van der Waals surface area contributed by atoms with Crippen molar-refractivity contribution >= 4 is 0 Å². The lowest BCUT2D eigenvalue weighted by Crippen LogP contribution is -2.68. The minimum atomic E-state index is -1.20. The Morgan fingerprint density at radius 2 is 2.00 bits per heavy atom. The monoisotopic (exact) mass is 282 g/mol. The molecule has 0 amide bonds. The zero-order valence-corrected chi connectivity index (χ0v) is 12.8. The number of aliphatic hydroxyl groups is 3. The molecule has 1 fully saturated rings. The van der Waals surface area contributed by atoms with Gasteiger partial charge in [-0.3, -0.25) is 0 Å². The van der Waals surface area contributed by atoms with Gasteiger partial charge >= 0.3 is 0 Å². The van der Waals surface area contributed by atoms with E-state index in [4.69, 9.17) is 4.74 Å². The molecule has 0 spiro atoms. The summed E-state index contributed by atoms with van der Waals surface area (Å²) in [5, 5.41) is 31.2. The molecule has 1 saturated carbocycles. The molecule has 0 unspecified atom stereocenters. The fourth-order valence-electron chi connectivity index (χ4n) is 3.75. The minimum absolute atomic E-state index is 0.122. The molecule has 0 bridgehead atoms. The van der Waals surface area contributed by atoms with Gasteiger partial charge in [-0.05, 0) is 30.8 Å². The van der Waals surface area contributed by atoms with E-state index in [2.05, 4.69) is 0 Å². The maximum Gasteiger partial charge on any atom is 0.102 e. The minimum Gasteiger partial charge on any atom is -0.392 e. The topological polar surface area (TPSA) is 69.9 Å². The van der Waals surface area contributed by atoms with Crippen molar-refractivity contribution in [2.45, 2.75) is 51.4 Å². The van der Waals surface area contributed by atoms with Gasteiger partial charge in [-0.1, -0.05) is 31.6 Å². The van der Waals surface area contributed by atoms with Crippen LogP contribution in [0.1, 0.15) is 33.6 Å². The summed E-state index contributed by atoms with van der Waals surface area (Å²) in [6, 6.07) is 0. The van der Waals surface area contributed by atoms with Gasteiger partial charge in [0, 0.05) is 13.0 Å². The summed E-state index contributed by atoms with van der Waals surface area (Å²) in [5.74, 6) is -0.213. The molecule has 20 heavy (non-hydrogen) atoms. The number of methoxy groups -OCH3 is 1. The average Bonchev–Trinajstić information content (AvgIpc) is 2.41. The third-order valence-corrected chi connectivity index (χ3v) is 5.08. The van der Waals surface area contributed by atoms with Crippen molar-refractivity contribution in [2.75, 3.05) is 13.7 Å². The third kappa shape index (κ3) is 2.25. The Bertz CT molecular complexity index is 438. The van der Waals surface area contributed by atoms with Crippen molar-refractivity contribution in [1.82, 2.24) is 0 Å². The van der Waals surface area contributed by atoms with Gasteiger partial charge in [0.2, 0.25) is 0 Å². The van der Waals surface area contributed by atoms with Crippen molar-refractivity contribution < 1.29 is 20.1 Å². The van der Waals surface area contributed by atoms with E-state index in [-0.39, 0.29) is 24.0 Å². The van der Waals surface area contributed by atoms with Gasteiger partial charge in [0.25, 0.3) is 0 Å². The maximum atomic E-state index is 11.1. The van der Waals surface area contributed by atoms with Crippen LogP contribution in [0.4, 0.5) is 0 Å². The SMILES string of the molecule is CO[C@@H]1/C=C(/C)C[C@H](O)[C@]2(O)[C@H](CC2(C)C)/C(CO)=C\1. The molecule has 0 aliphatic heterocycles. The number of hydrogen-bond acceptors (Lipinski definition) is 4. The second-order valence-electron chi connectivity index (χ2n) is 6.80. The van der Waals surface area contributed by atoms with E-state index >= 15 is 0 Å². The summed E-state index contributed by atoms with van der Waals surface area (Å²) in [6.45, 7) is 5.73. The van der Waals surface area contributed by atoms with E-state index in [0.29, 0.717) is 6.42 Å². The highest BCUT2D eigenvalue weighted by Crippen LogP contribution is 2.59. The van der Waals surface area contributed by atoms with Crippen LogP contribution >= 0.6 is 0 Å². The number of fused-ring (bicyclic) bond motifs is 1. The molecule has 2 aliphatic rings. The van der Waals surface area contributed by atoms with Gasteiger partial charge in [0.05, 0.1) is 18.8 Å². The van der Waals surface area contributed by atoms with Crippen molar-refractivity contribution in [3.8, 4) is 0 Å². The Kier molecular flexibility index (Phi) is 4.13. The van der Waals surface area contributed by atoms with Crippen LogP contribution in [0.15, 0.2) is 23.3 Å². The summed E-state index contributed by atoms with van der Waals surface area (Å²) < 4.78 is 5.39. The highest BCUT2D eigenvalue weighted by atomic mass is 16.5. The Morgan fingerprint density at radius 3 is 2.50 bits per heavy atom. The van der Waals surface area contributed by atoms with Crippen molar-refractivity contribution in [3.05, 3.63) is 23.3 Å². The fraction of sp³-hybridized carbons (Fsp3) is 0.750. The predicted octanol–water partition coefficient (Wildman–Crippen LogP) is 1.41. The molecular weight excluding hydrogens is 256 g/mol. The van der Waals surface area contributed by atoms with E-state index in [1.807, 2.05) is 32.9 Å². The molecule has 3 N–H and O–H groups in total. The van der Waals surface area contributed by atoms with E-state index in [1.54, 1.807) is 7.11 Å². The van der Waals surface area contributed by atoms with Crippen molar-refractivity contribution in [2.24, 2.45) is 11.3 Å². The summed E-state index contributed by atoms with van der Waals surface area (Å²) in [4.78, 5) is 0. The van der Waals surface area contributed by atoms with Gasteiger partial charge in [0.1, 0.15) is 5.60 Å². The largest absolute Gasteiger partial charge is 0.392 e. The molecule has 2 rings (SSSR count). The Labute approximate surface area is 120 Å². The molecule has 0 saturated heterocycles. The summed E-state index contributed by atoms with van der Waals surface area (Å²) in [6.07, 6.45) is 3.91. The summed E-state index contributed by atoms with van der Waals surface area (Å²) in [5.41, 5.74) is 0.177. The van der Waals surface area contributed by atoms with Crippen LogP contribution in [0, 0.1) is 11.3 Å². The lowest BCUT2D eigenvalue weighted by molar-refractivity contribution is -0.242. The zero-order chi connectivity index (χ0) is 15.1.